The summed E-state index contributed by atoms with van der Waals surface area (Å²) in [5.74, 6) is 0.861. The zero-order chi connectivity index (χ0) is 18.5. The van der Waals surface area contributed by atoms with E-state index in [0.717, 1.165) is 19.5 Å². The van der Waals surface area contributed by atoms with Crippen molar-refractivity contribution in [2.24, 2.45) is 0 Å². The summed E-state index contributed by atoms with van der Waals surface area (Å²) < 4.78 is 0. The Bertz CT molecular complexity index is 509. The van der Waals surface area contributed by atoms with E-state index in [4.69, 9.17) is 0 Å². The van der Waals surface area contributed by atoms with E-state index in [2.05, 4.69) is 34.6 Å². The van der Waals surface area contributed by atoms with Crippen LogP contribution in [0.2, 0.25) is 0 Å². The van der Waals surface area contributed by atoms with Gasteiger partial charge in [-0.15, -0.1) is 0 Å². The minimum atomic E-state index is -0.0801. The summed E-state index contributed by atoms with van der Waals surface area (Å²) in [4.78, 5) is 25.5. The summed E-state index contributed by atoms with van der Waals surface area (Å²) in [6.07, 6.45) is 2.49. The van der Waals surface area contributed by atoms with Crippen molar-refractivity contribution >= 4 is 29.3 Å². The third-order valence-electron chi connectivity index (χ3n) is 3.48. The predicted octanol–water partition coefficient (Wildman–Crippen LogP) is 2.48. The molecule has 0 fully saturated rings. The molecule has 0 saturated heterocycles. The lowest BCUT2D eigenvalue weighted by molar-refractivity contribution is -0.119. The largest absolute Gasteiger partial charge is 0.372 e. The SMILES string of the molecule is CCN(CCCNC(=O)CSC[CH]C(=O)NC(C)C)c1ccccc1. The number of anilines is 1. The third-order valence-corrected chi connectivity index (χ3v) is 4.35. The molecule has 0 aromatic heterocycles. The molecule has 2 N–H and O–H groups in total. The van der Waals surface area contributed by atoms with Gasteiger partial charge in [-0.25, -0.2) is 0 Å². The molecule has 0 saturated carbocycles. The average Bonchev–Trinajstić information content (AvgIpc) is 2.59. The van der Waals surface area contributed by atoms with Crippen molar-refractivity contribution in [1.29, 1.82) is 0 Å². The zero-order valence-corrected chi connectivity index (χ0v) is 16.3. The first-order valence-corrected chi connectivity index (χ1v) is 9.96. The van der Waals surface area contributed by atoms with Gasteiger partial charge in [0.05, 0.1) is 12.2 Å². The number of rotatable bonds is 12. The van der Waals surface area contributed by atoms with Crippen molar-refractivity contribution in [2.75, 3.05) is 36.0 Å². The Morgan fingerprint density at radius 3 is 2.60 bits per heavy atom. The molecule has 6 heteroatoms. The summed E-state index contributed by atoms with van der Waals surface area (Å²) in [6.45, 7) is 8.50. The molecule has 0 aliphatic heterocycles. The molecule has 0 heterocycles. The Hall–Kier alpha value is -1.69. The fourth-order valence-electron chi connectivity index (χ4n) is 2.29. The van der Waals surface area contributed by atoms with Gasteiger partial charge in [-0.2, -0.15) is 11.8 Å². The topological polar surface area (TPSA) is 61.4 Å². The molecular formula is C19H30N3O2S. The van der Waals surface area contributed by atoms with E-state index in [1.54, 1.807) is 6.42 Å². The molecule has 2 amide bonds. The first kappa shape index (κ1) is 21.4. The van der Waals surface area contributed by atoms with Gasteiger partial charge in [0.1, 0.15) is 0 Å². The van der Waals surface area contributed by atoms with E-state index in [9.17, 15) is 9.59 Å². The van der Waals surface area contributed by atoms with Crippen LogP contribution in [0, 0.1) is 6.42 Å². The fraction of sp³-hybridized carbons (Fsp3) is 0.526. The number of nitrogens with one attached hydrogen (secondary N) is 2. The quantitative estimate of drug-likeness (QED) is 0.560. The molecule has 1 rings (SSSR count). The highest BCUT2D eigenvalue weighted by Gasteiger charge is 2.06. The summed E-state index contributed by atoms with van der Waals surface area (Å²) in [6, 6.07) is 10.4. The van der Waals surface area contributed by atoms with E-state index in [0.29, 0.717) is 18.1 Å². The first-order valence-electron chi connectivity index (χ1n) is 8.81. The molecule has 0 aliphatic carbocycles. The van der Waals surface area contributed by atoms with Gasteiger partial charge in [-0.05, 0) is 39.3 Å². The summed E-state index contributed by atoms with van der Waals surface area (Å²) in [5.41, 5.74) is 1.21. The molecule has 1 aromatic rings. The van der Waals surface area contributed by atoms with Crippen LogP contribution in [0.4, 0.5) is 5.69 Å². The number of nitrogens with zero attached hydrogens (tertiary/aromatic N) is 1. The van der Waals surface area contributed by atoms with Gasteiger partial charge in [0.2, 0.25) is 11.8 Å². The lowest BCUT2D eigenvalue weighted by Gasteiger charge is -2.23. The van der Waals surface area contributed by atoms with Crippen LogP contribution < -0.4 is 15.5 Å². The van der Waals surface area contributed by atoms with Gasteiger partial charge in [0, 0.05) is 37.1 Å². The summed E-state index contributed by atoms with van der Waals surface area (Å²) in [7, 11) is 0. The molecule has 0 aliphatic rings. The molecular weight excluding hydrogens is 334 g/mol. The molecule has 0 bridgehead atoms. The number of amides is 2. The number of carbonyl (C=O) groups excluding carboxylic acids is 2. The second-order valence-corrected chi connectivity index (χ2v) is 7.03. The molecule has 1 radical (unpaired) electrons. The molecule has 1 aromatic carbocycles. The van der Waals surface area contributed by atoms with Crippen LogP contribution in [0.1, 0.15) is 27.2 Å². The van der Waals surface area contributed by atoms with Gasteiger partial charge in [-0.3, -0.25) is 9.59 Å². The summed E-state index contributed by atoms with van der Waals surface area (Å²) in [5, 5.41) is 5.72. The van der Waals surface area contributed by atoms with Crippen LogP contribution in [0.5, 0.6) is 0 Å². The van der Waals surface area contributed by atoms with Crippen LogP contribution in [0.15, 0.2) is 30.3 Å². The van der Waals surface area contributed by atoms with Gasteiger partial charge < -0.3 is 15.5 Å². The standard InChI is InChI=1S/C19H30N3O2S/c1-4-22(17-9-6-5-7-10-17)13-8-12-20-19(24)15-25-14-11-18(23)21-16(2)3/h5-7,9-11,16H,4,8,12-15H2,1-3H3,(H,20,24)(H,21,23). The van der Waals surface area contributed by atoms with Gasteiger partial charge >= 0.3 is 0 Å². The number of carbonyl (C=O) groups is 2. The number of para-hydroxylation sites is 1. The van der Waals surface area contributed by atoms with Crippen molar-refractivity contribution in [3.63, 3.8) is 0 Å². The minimum absolute atomic E-state index is 0.0189. The zero-order valence-electron chi connectivity index (χ0n) is 15.5. The maximum atomic E-state index is 11.8. The molecule has 25 heavy (non-hydrogen) atoms. The number of benzene rings is 1. The second kappa shape index (κ2) is 12.6. The van der Waals surface area contributed by atoms with Crippen molar-refractivity contribution in [3.8, 4) is 0 Å². The van der Waals surface area contributed by atoms with Crippen LogP contribution in [-0.2, 0) is 9.59 Å². The van der Waals surface area contributed by atoms with Crippen LogP contribution in [-0.4, -0.2) is 49.0 Å². The Balaban J connectivity index is 2.09. The molecule has 5 nitrogen and oxygen atoms in total. The maximum absolute atomic E-state index is 11.8. The van der Waals surface area contributed by atoms with E-state index in [-0.39, 0.29) is 17.9 Å². The minimum Gasteiger partial charge on any atom is -0.372 e. The van der Waals surface area contributed by atoms with Crippen molar-refractivity contribution in [2.45, 2.75) is 33.2 Å². The Labute approximate surface area is 155 Å². The highest BCUT2D eigenvalue weighted by atomic mass is 32.2. The van der Waals surface area contributed by atoms with E-state index in [1.165, 1.54) is 17.4 Å². The monoisotopic (exact) mass is 364 g/mol. The highest BCUT2D eigenvalue weighted by molar-refractivity contribution is 8.00. The van der Waals surface area contributed by atoms with Crippen molar-refractivity contribution < 1.29 is 9.59 Å². The fourth-order valence-corrected chi connectivity index (χ4v) is 2.96. The normalized spacial score (nSPS) is 10.6. The van der Waals surface area contributed by atoms with Crippen molar-refractivity contribution in [3.05, 3.63) is 36.8 Å². The third kappa shape index (κ3) is 10.0. The van der Waals surface area contributed by atoms with Gasteiger partial charge in [-0.1, -0.05) is 18.2 Å². The molecule has 0 spiro atoms. The lowest BCUT2D eigenvalue weighted by atomic mass is 10.2. The predicted molar refractivity (Wildman–Crippen MR) is 107 cm³/mol. The van der Waals surface area contributed by atoms with Gasteiger partial charge in [0.25, 0.3) is 0 Å². The van der Waals surface area contributed by atoms with Crippen LogP contribution in [0.3, 0.4) is 0 Å². The number of hydrogen-bond donors (Lipinski definition) is 2. The molecule has 0 unspecified atom stereocenters. The van der Waals surface area contributed by atoms with E-state index >= 15 is 0 Å². The Morgan fingerprint density at radius 2 is 1.96 bits per heavy atom. The van der Waals surface area contributed by atoms with Crippen LogP contribution in [0.25, 0.3) is 0 Å². The van der Waals surface area contributed by atoms with Crippen LogP contribution >= 0.6 is 11.8 Å². The van der Waals surface area contributed by atoms with Crippen molar-refractivity contribution in [1.82, 2.24) is 10.6 Å². The average molecular weight is 365 g/mol. The Morgan fingerprint density at radius 1 is 1.24 bits per heavy atom. The maximum Gasteiger partial charge on any atom is 0.229 e. The molecule has 0 atom stereocenters. The van der Waals surface area contributed by atoms with E-state index in [1.807, 2.05) is 32.0 Å². The van der Waals surface area contributed by atoms with E-state index < -0.39 is 0 Å². The van der Waals surface area contributed by atoms with Gasteiger partial charge in [0.15, 0.2) is 0 Å². The lowest BCUT2D eigenvalue weighted by Crippen LogP contribution is -2.31. The second-order valence-electron chi connectivity index (χ2n) is 6.00. The summed E-state index contributed by atoms with van der Waals surface area (Å²) >= 11 is 1.44. The number of hydrogen-bond acceptors (Lipinski definition) is 4. The number of thioether (sulfide) groups is 1. The smallest absolute Gasteiger partial charge is 0.229 e. The highest BCUT2D eigenvalue weighted by Crippen LogP contribution is 2.12. The molecule has 139 valence electrons. The first-order chi connectivity index (χ1) is 12.0. The Kier molecular flexibility index (Phi) is 10.8.